The second-order valence-corrected chi connectivity index (χ2v) is 8.79. The Labute approximate surface area is 209 Å². The van der Waals surface area contributed by atoms with E-state index in [0.717, 1.165) is 5.56 Å². The second-order valence-electron chi connectivity index (χ2n) is 8.79. The van der Waals surface area contributed by atoms with Crippen molar-refractivity contribution in [3.63, 3.8) is 0 Å². The number of nitrogens with two attached hydrogens (primary N) is 3. The summed E-state index contributed by atoms with van der Waals surface area (Å²) in [7, 11) is 0. The highest BCUT2D eigenvalue weighted by atomic mass is 16.4. The summed E-state index contributed by atoms with van der Waals surface area (Å²) >= 11 is 0. The van der Waals surface area contributed by atoms with Crippen LogP contribution in [0.4, 0.5) is 0 Å². The van der Waals surface area contributed by atoms with Crippen LogP contribution in [-0.4, -0.2) is 71.1 Å². The molecule has 13 nitrogen and oxygen atoms in total. The Kier molecular flexibility index (Phi) is 12.7. The highest BCUT2D eigenvalue weighted by molar-refractivity contribution is 5.93. The molecule has 11 N–H and O–H groups in total. The van der Waals surface area contributed by atoms with Crippen molar-refractivity contribution in [2.24, 2.45) is 28.1 Å². The predicted molar refractivity (Wildman–Crippen MR) is 134 cm³/mol. The largest absolute Gasteiger partial charge is 0.508 e. The predicted octanol–water partition coefficient (Wildman–Crippen LogP) is -1.47. The summed E-state index contributed by atoms with van der Waals surface area (Å²) in [6, 6.07) is 3.20. The average Bonchev–Trinajstić information content (AvgIpc) is 2.79. The van der Waals surface area contributed by atoms with Crippen molar-refractivity contribution in [2.75, 3.05) is 13.1 Å². The maximum absolute atomic E-state index is 13.1. The van der Waals surface area contributed by atoms with Gasteiger partial charge in [0.05, 0.1) is 6.04 Å². The maximum Gasteiger partial charge on any atom is 0.322 e. The van der Waals surface area contributed by atoms with E-state index in [1.165, 1.54) is 12.1 Å². The number of nitrogens with one attached hydrogen (secondary N) is 3. The zero-order valence-corrected chi connectivity index (χ0v) is 20.6. The van der Waals surface area contributed by atoms with Crippen molar-refractivity contribution in [3.05, 3.63) is 29.8 Å². The molecule has 3 atom stereocenters. The van der Waals surface area contributed by atoms with E-state index in [9.17, 15) is 24.3 Å². The number of guanidine groups is 1. The Morgan fingerprint density at radius 3 is 2.14 bits per heavy atom. The summed E-state index contributed by atoms with van der Waals surface area (Å²) in [6.07, 6.45) is 0.934. The van der Waals surface area contributed by atoms with Crippen LogP contribution < -0.4 is 33.2 Å². The number of rotatable bonds is 15. The lowest BCUT2D eigenvalue weighted by Gasteiger charge is -2.25. The molecule has 36 heavy (non-hydrogen) atoms. The number of aromatic hydroxyl groups is 1. The van der Waals surface area contributed by atoms with Gasteiger partial charge in [-0.3, -0.25) is 24.2 Å². The minimum Gasteiger partial charge on any atom is -0.508 e. The average molecular weight is 508 g/mol. The monoisotopic (exact) mass is 507 g/mol. The molecule has 1 rings (SSSR count). The Bertz CT molecular complexity index is 916. The number of amides is 3. The number of aliphatic carboxylic acids is 1. The number of hydrogen-bond acceptors (Lipinski definition) is 7. The third-order valence-electron chi connectivity index (χ3n) is 5.06. The third kappa shape index (κ3) is 12.0. The lowest BCUT2D eigenvalue weighted by Crippen LogP contribution is -2.56. The number of phenolic OH excluding ortho intramolecular Hbond substituents is 1. The molecule has 0 aliphatic carbocycles. The fraction of sp³-hybridized carbons (Fsp3) is 0.522. The van der Waals surface area contributed by atoms with E-state index < -0.39 is 48.4 Å². The molecule has 0 radical (unpaired) electrons. The molecule has 0 spiro atoms. The highest BCUT2D eigenvalue weighted by Crippen LogP contribution is 2.11. The van der Waals surface area contributed by atoms with Gasteiger partial charge in [-0.05, 0) is 49.3 Å². The molecule has 200 valence electrons. The smallest absolute Gasteiger partial charge is 0.322 e. The number of phenols is 1. The molecule has 0 bridgehead atoms. The van der Waals surface area contributed by atoms with E-state index in [-0.39, 0.29) is 43.4 Å². The number of carboxylic acids is 1. The van der Waals surface area contributed by atoms with Gasteiger partial charge in [-0.1, -0.05) is 26.0 Å². The van der Waals surface area contributed by atoms with Crippen LogP contribution in [0.5, 0.6) is 5.75 Å². The number of carbonyl (C=O) groups excluding carboxylic acids is 3. The van der Waals surface area contributed by atoms with Gasteiger partial charge in [0.15, 0.2) is 5.96 Å². The van der Waals surface area contributed by atoms with Gasteiger partial charge < -0.3 is 43.4 Å². The summed E-state index contributed by atoms with van der Waals surface area (Å²) in [5, 5.41) is 25.7. The number of benzene rings is 1. The van der Waals surface area contributed by atoms with Crippen LogP contribution in [0.25, 0.3) is 0 Å². The molecule has 0 heterocycles. The summed E-state index contributed by atoms with van der Waals surface area (Å²) < 4.78 is 0. The van der Waals surface area contributed by atoms with Crippen molar-refractivity contribution in [1.82, 2.24) is 16.0 Å². The molecule has 1 aromatic carbocycles. The van der Waals surface area contributed by atoms with Gasteiger partial charge in [-0.25, -0.2) is 0 Å². The van der Waals surface area contributed by atoms with Crippen molar-refractivity contribution in [2.45, 2.75) is 57.7 Å². The summed E-state index contributed by atoms with van der Waals surface area (Å²) in [5.74, 6) is -3.08. The SMILES string of the molecule is CC(C)CC(NC(=O)C(CCCN=C(N)N)NC(=O)C(N)Cc1ccc(O)cc1)C(=O)NCC(=O)O. The zero-order valence-electron chi connectivity index (χ0n) is 20.6. The Morgan fingerprint density at radius 2 is 1.58 bits per heavy atom. The Morgan fingerprint density at radius 1 is 0.972 bits per heavy atom. The summed E-state index contributed by atoms with van der Waals surface area (Å²) in [4.78, 5) is 53.0. The maximum atomic E-state index is 13.1. The fourth-order valence-corrected chi connectivity index (χ4v) is 3.29. The lowest BCUT2D eigenvalue weighted by molar-refractivity contribution is -0.138. The van der Waals surface area contributed by atoms with E-state index in [1.807, 2.05) is 13.8 Å². The zero-order chi connectivity index (χ0) is 27.3. The van der Waals surface area contributed by atoms with Crippen molar-refractivity contribution >= 4 is 29.7 Å². The van der Waals surface area contributed by atoms with Gasteiger partial charge in [0.25, 0.3) is 0 Å². The summed E-state index contributed by atoms with van der Waals surface area (Å²) in [5.41, 5.74) is 17.4. The first kappa shape index (κ1) is 30.2. The van der Waals surface area contributed by atoms with Crippen molar-refractivity contribution in [1.29, 1.82) is 0 Å². The molecule has 13 heteroatoms. The van der Waals surface area contributed by atoms with Gasteiger partial charge >= 0.3 is 5.97 Å². The van der Waals surface area contributed by atoms with E-state index in [2.05, 4.69) is 20.9 Å². The van der Waals surface area contributed by atoms with E-state index >= 15 is 0 Å². The lowest BCUT2D eigenvalue weighted by atomic mass is 10.0. The molecule has 0 saturated heterocycles. The molecule has 1 aromatic rings. The van der Waals surface area contributed by atoms with Crippen LogP contribution in [-0.2, 0) is 25.6 Å². The van der Waals surface area contributed by atoms with Gasteiger partial charge in [-0.2, -0.15) is 0 Å². The van der Waals surface area contributed by atoms with Crippen LogP contribution in [0.15, 0.2) is 29.3 Å². The number of carboxylic acid groups (broad SMARTS) is 1. The minimum absolute atomic E-state index is 0.0134. The van der Waals surface area contributed by atoms with Crippen LogP contribution >= 0.6 is 0 Å². The van der Waals surface area contributed by atoms with Crippen LogP contribution in [0, 0.1) is 5.92 Å². The van der Waals surface area contributed by atoms with E-state index in [4.69, 9.17) is 22.3 Å². The quantitative estimate of drug-likeness (QED) is 0.0784. The number of nitrogens with zero attached hydrogens (tertiary/aromatic N) is 1. The molecule has 0 aromatic heterocycles. The molecular weight excluding hydrogens is 470 g/mol. The Balaban J connectivity index is 2.94. The molecule has 3 amide bonds. The first-order valence-electron chi connectivity index (χ1n) is 11.6. The Hall–Kier alpha value is -3.87. The van der Waals surface area contributed by atoms with Crippen LogP contribution in [0.3, 0.4) is 0 Å². The third-order valence-corrected chi connectivity index (χ3v) is 5.06. The topological polar surface area (TPSA) is 235 Å². The molecule has 0 aliphatic heterocycles. The second kappa shape index (κ2) is 15.2. The standard InChI is InChI=1S/C23H37N7O6/c1-13(2)10-18(21(35)28-12-19(32)33)30-22(36)17(4-3-9-27-23(25)26)29-20(34)16(24)11-14-5-7-15(31)8-6-14/h5-8,13,16-18,31H,3-4,9-12,24H2,1-2H3,(H,28,35)(H,29,34)(H,30,36)(H,32,33)(H4,25,26,27). The highest BCUT2D eigenvalue weighted by Gasteiger charge is 2.28. The molecule has 0 aliphatic rings. The first-order chi connectivity index (χ1) is 16.9. The summed E-state index contributed by atoms with van der Waals surface area (Å²) in [6.45, 7) is 3.32. The number of aliphatic imine (C=N–C) groups is 1. The van der Waals surface area contributed by atoms with Gasteiger partial charge in [0.2, 0.25) is 17.7 Å². The van der Waals surface area contributed by atoms with E-state index in [1.54, 1.807) is 12.1 Å². The fourth-order valence-electron chi connectivity index (χ4n) is 3.29. The van der Waals surface area contributed by atoms with Crippen LogP contribution in [0.2, 0.25) is 0 Å². The van der Waals surface area contributed by atoms with Crippen LogP contribution in [0.1, 0.15) is 38.7 Å². The molecule has 3 unspecified atom stereocenters. The first-order valence-corrected chi connectivity index (χ1v) is 11.6. The van der Waals surface area contributed by atoms with Crippen molar-refractivity contribution < 1.29 is 29.4 Å². The number of hydrogen-bond donors (Lipinski definition) is 8. The van der Waals surface area contributed by atoms with E-state index in [0.29, 0.717) is 6.42 Å². The number of carbonyl (C=O) groups is 4. The van der Waals surface area contributed by atoms with Gasteiger partial charge in [0.1, 0.15) is 24.4 Å². The molecular formula is C23H37N7O6. The van der Waals surface area contributed by atoms with Crippen molar-refractivity contribution in [3.8, 4) is 5.75 Å². The normalized spacial score (nSPS) is 13.2. The molecule has 0 saturated carbocycles. The van der Waals surface area contributed by atoms with Gasteiger partial charge in [-0.15, -0.1) is 0 Å². The van der Waals surface area contributed by atoms with Gasteiger partial charge in [0, 0.05) is 6.54 Å². The molecule has 0 fully saturated rings. The minimum atomic E-state index is -1.22.